The predicted octanol–water partition coefficient (Wildman–Crippen LogP) is 2.99. The molecule has 0 unspecified atom stereocenters. The maximum Gasteiger partial charge on any atom is 0.315 e. The minimum atomic E-state index is -0.189. The Morgan fingerprint density at radius 2 is 1.73 bits per heavy atom. The van der Waals surface area contributed by atoms with Gasteiger partial charge in [-0.3, -0.25) is 4.79 Å². The number of phenols is 1. The maximum absolute atomic E-state index is 12.3. The third-order valence-corrected chi connectivity index (χ3v) is 6.18. The highest BCUT2D eigenvalue weighted by Gasteiger charge is 2.51. The summed E-state index contributed by atoms with van der Waals surface area (Å²) in [7, 11) is 0. The van der Waals surface area contributed by atoms with Crippen LogP contribution in [0, 0.1) is 17.8 Å². The number of nitrogens with one attached hydrogen (secondary N) is 3. The molecule has 5 rings (SSSR count). The fourth-order valence-electron chi connectivity index (χ4n) is 5.65. The largest absolute Gasteiger partial charge is 0.508 e. The van der Waals surface area contributed by atoms with Crippen LogP contribution in [0.5, 0.6) is 5.75 Å². The fraction of sp³-hybridized carbons (Fsp3) is 0.600. The molecule has 3 amide bonds. The number of anilines is 1. The average molecular weight is 357 g/mol. The highest BCUT2D eigenvalue weighted by Crippen LogP contribution is 2.55. The number of urea groups is 1. The SMILES string of the molecule is O=C(CCNC(=O)NC12CC3CC(CC(C3)C1)C2)Nc1cccc(O)c1. The Morgan fingerprint density at radius 3 is 2.35 bits per heavy atom. The number of aromatic hydroxyl groups is 1. The summed E-state index contributed by atoms with van der Waals surface area (Å²) in [6.45, 7) is 0.294. The van der Waals surface area contributed by atoms with Crippen molar-refractivity contribution >= 4 is 17.6 Å². The van der Waals surface area contributed by atoms with Gasteiger partial charge in [0.15, 0.2) is 0 Å². The first-order chi connectivity index (χ1) is 12.5. The summed E-state index contributed by atoms with van der Waals surface area (Å²) in [5.41, 5.74) is 0.538. The summed E-state index contributed by atoms with van der Waals surface area (Å²) in [4.78, 5) is 24.3. The lowest BCUT2D eigenvalue weighted by atomic mass is 9.53. The Bertz CT molecular complexity index is 668. The zero-order chi connectivity index (χ0) is 18.1. The Morgan fingerprint density at radius 1 is 1.08 bits per heavy atom. The van der Waals surface area contributed by atoms with Gasteiger partial charge in [-0.05, 0) is 68.4 Å². The summed E-state index contributed by atoms with van der Waals surface area (Å²) in [6, 6.07) is 6.27. The lowest BCUT2D eigenvalue weighted by molar-refractivity contribution is -0.116. The molecule has 0 heterocycles. The summed E-state index contributed by atoms with van der Waals surface area (Å²) in [5.74, 6) is 2.28. The van der Waals surface area contributed by atoms with Gasteiger partial charge in [-0.15, -0.1) is 0 Å². The number of amides is 3. The zero-order valence-corrected chi connectivity index (χ0v) is 15.0. The molecule has 4 saturated carbocycles. The van der Waals surface area contributed by atoms with E-state index in [1.165, 1.54) is 25.3 Å². The van der Waals surface area contributed by atoms with Gasteiger partial charge in [0.2, 0.25) is 5.91 Å². The van der Waals surface area contributed by atoms with E-state index in [2.05, 4.69) is 16.0 Å². The van der Waals surface area contributed by atoms with Crippen LogP contribution in [0.4, 0.5) is 10.5 Å². The first-order valence-electron chi connectivity index (χ1n) is 9.65. The Balaban J connectivity index is 1.21. The van der Waals surface area contributed by atoms with Gasteiger partial charge < -0.3 is 21.1 Å². The van der Waals surface area contributed by atoms with E-state index < -0.39 is 0 Å². The molecular formula is C20H27N3O3. The molecule has 1 aromatic rings. The molecule has 4 N–H and O–H groups in total. The lowest BCUT2D eigenvalue weighted by Gasteiger charge is -2.56. The van der Waals surface area contributed by atoms with Crippen LogP contribution in [0.1, 0.15) is 44.9 Å². The standard InChI is InChI=1S/C20H27N3O3/c24-17-3-1-2-16(9-17)22-18(25)4-5-21-19(26)23-20-10-13-6-14(11-20)8-15(7-13)12-20/h1-3,9,13-15,24H,4-8,10-12H2,(H,22,25)(H2,21,23,26). The second kappa shape index (κ2) is 6.82. The summed E-state index contributed by atoms with van der Waals surface area (Å²) in [5, 5.41) is 18.2. The van der Waals surface area contributed by atoms with Crippen molar-refractivity contribution in [3.8, 4) is 5.75 Å². The van der Waals surface area contributed by atoms with Crippen molar-refractivity contribution < 1.29 is 14.7 Å². The average Bonchev–Trinajstić information content (AvgIpc) is 2.52. The molecule has 0 aliphatic heterocycles. The Labute approximate surface area is 153 Å². The van der Waals surface area contributed by atoms with Crippen molar-refractivity contribution in [2.45, 2.75) is 50.5 Å². The van der Waals surface area contributed by atoms with E-state index in [1.54, 1.807) is 18.2 Å². The first-order valence-corrected chi connectivity index (χ1v) is 9.65. The molecule has 26 heavy (non-hydrogen) atoms. The zero-order valence-electron chi connectivity index (χ0n) is 15.0. The third kappa shape index (κ3) is 3.79. The molecule has 4 aliphatic rings. The highest BCUT2D eigenvalue weighted by molar-refractivity contribution is 5.91. The molecule has 0 saturated heterocycles. The van der Waals surface area contributed by atoms with Gasteiger partial charge in [0.25, 0.3) is 0 Å². The van der Waals surface area contributed by atoms with Crippen LogP contribution >= 0.6 is 0 Å². The van der Waals surface area contributed by atoms with Gasteiger partial charge in [0.1, 0.15) is 5.75 Å². The smallest absolute Gasteiger partial charge is 0.315 e. The number of rotatable bonds is 5. The minimum Gasteiger partial charge on any atom is -0.508 e. The van der Waals surface area contributed by atoms with E-state index in [0.717, 1.165) is 37.0 Å². The fourth-order valence-corrected chi connectivity index (χ4v) is 5.65. The van der Waals surface area contributed by atoms with Crippen LogP contribution in [0.2, 0.25) is 0 Å². The number of carbonyl (C=O) groups excluding carboxylic acids is 2. The van der Waals surface area contributed by atoms with E-state index in [1.807, 2.05) is 0 Å². The first kappa shape index (κ1) is 17.2. The van der Waals surface area contributed by atoms with Crippen molar-refractivity contribution in [1.29, 1.82) is 0 Å². The highest BCUT2D eigenvalue weighted by atomic mass is 16.3. The number of hydrogen-bond donors (Lipinski definition) is 4. The normalized spacial score (nSPS) is 31.5. The van der Waals surface area contributed by atoms with Crippen molar-refractivity contribution in [1.82, 2.24) is 10.6 Å². The molecule has 4 bridgehead atoms. The van der Waals surface area contributed by atoms with Gasteiger partial charge in [-0.25, -0.2) is 4.79 Å². The van der Waals surface area contributed by atoms with Gasteiger partial charge in [-0.2, -0.15) is 0 Å². The van der Waals surface area contributed by atoms with Gasteiger partial charge in [0, 0.05) is 30.3 Å². The lowest BCUT2D eigenvalue weighted by Crippen LogP contribution is -2.61. The molecular weight excluding hydrogens is 330 g/mol. The molecule has 6 nitrogen and oxygen atoms in total. The van der Waals surface area contributed by atoms with Crippen molar-refractivity contribution in [2.75, 3.05) is 11.9 Å². The molecule has 4 aliphatic carbocycles. The maximum atomic E-state index is 12.3. The van der Waals surface area contributed by atoms with Crippen molar-refractivity contribution in [2.24, 2.45) is 17.8 Å². The molecule has 0 spiro atoms. The molecule has 6 heteroatoms. The van der Waals surface area contributed by atoms with Crippen LogP contribution in [-0.2, 0) is 4.79 Å². The molecule has 0 aromatic heterocycles. The number of hydrogen-bond acceptors (Lipinski definition) is 3. The molecule has 0 atom stereocenters. The summed E-state index contributed by atoms with van der Waals surface area (Å²) < 4.78 is 0. The summed E-state index contributed by atoms with van der Waals surface area (Å²) >= 11 is 0. The van der Waals surface area contributed by atoms with Crippen molar-refractivity contribution in [3.63, 3.8) is 0 Å². The molecule has 140 valence electrons. The number of benzene rings is 1. The molecule has 1 aromatic carbocycles. The molecule has 4 fully saturated rings. The van der Waals surface area contributed by atoms with Crippen LogP contribution < -0.4 is 16.0 Å². The summed E-state index contributed by atoms with van der Waals surface area (Å²) in [6.07, 6.45) is 7.58. The Kier molecular flexibility index (Phi) is 4.51. The van der Waals surface area contributed by atoms with E-state index in [9.17, 15) is 14.7 Å². The van der Waals surface area contributed by atoms with Crippen molar-refractivity contribution in [3.05, 3.63) is 24.3 Å². The number of carbonyl (C=O) groups is 2. The van der Waals surface area contributed by atoms with E-state index >= 15 is 0 Å². The van der Waals surface area contributed by atoms with Gasteiger partial charge in [-0.1, -0.05) is 6.07 Å². The monoisotopic (exact) mass is 357 g/mol. The quantitative estimate of drug-likeness (QED) is 0.653. The van der Waals surface area contributed by atoms with Crippen LogP contribution in [0.25, 0.3) is 0 Å². The van der Waals surface area contributed by atoms with E-state index in [-0.39, 0.29) is 29.6 Å². The topological polar surface area (TPSA) is 90.5 Å². The van der Waals surface area contributed by atoms with Gasteiger partial charge in [0.05, 0.1) is 0 Å². The van der Waals surface area contributed by atoms with Crippen LogP contribution in [0.15, 0.2) is 24.3 Å². The molecule has 0 radical (unpaired) electrons. The van der Waals surface area contributed by atoms with E-state index in [4.69, 9.17) is 0 Å². The Hall–Kier alpha value is -2.24. The minimum absolute atomic E-state index is 0.0113. The van der Waals surface area contributed by atoms with Gasteiger partial charge >= 0.3 is 6.03 Å². The second-order valence-corrected chi connectivity index (χ2v) is 8.43. The van der Waals surface area contributed by atoms with E-state index in [0.29, 0.717) is 12.2 Å². The third-order valence-electron chi connectivity index (χ3n) is 6.18. The van der Waals surface area contributed by atoms with Crippen LogP contribution in [0.3, 0.4) is 0 Å². The second-order valence-electron chi connectivity index (χ2n) is 8.43. The number of phenolic OH excluding ortho intramolecular Hbond substituents is 1. The predicted molar refractivity (Wildman–Crippen MR) is 98.8 cm³/mol. The van der Waals surface area contributed by atoms with Crippen LogP contribution in [-0.4, -0.2) is 29.1 Å².